The van der Waals surface area contributed by atoms with Gasteiger partial charge in [0.05, 0.1) is 12.1 Å². The summed E-state index contributed by atoms with van der Waals surface area (Å²) in [7, 11) is 0. The third-order valence-electron chi connectivity index (χ3n) is 4.06. The minimum absolute atomic E-state index is 0.00441. The van der Waals surface area contributed by atoms with Crippen molar-refractivity contribution in [2.45, 2.75) is 46.5 Å². The molecule has 0 N–H and O–H groups in total. The lowest BCUT2D eigenvalue weighted by Gasteiger charge is -2.33. The summed E-state index contributed by atoms with van der Waals surface area (Å²) in [5.41, 5.74) is -0.274. The van der Waals surface area contributed by atoms with Gasteiger partial charge in [-0.25, -0.2) is 0 Å². The van der Waals surface area contributed by atoms with Crippen LogP contribution in [0.3, 0.4) is 0 Å². The number of hydrogen-bond donors (Lipinski definition) is 0. The summed E-state index contributed by atoms with van der Waals surface area (Å²) in [6, 6.07) is 4.35. The molecule has 0 aromatic carbocycles. The molecule has 0 saturated heterocycles. The summed E-state index contributed by atoms with van der Waals surface area (Å²) in [6.45, 7) is 5.59. The first-order chi connectivity index (χ1) is 10.5. The molecule has 0 fully saturated rings. The topological polar surface area (TPSA) is 73.9 Å². The van der Waals surface area contributed by atoms with E-state index in [2.05, 4.69) is 43.9 Å². The lowest BCUT2D eigenvalue weighted by atomic mass is 9.68. The minimum atomic E-state index is -1.19. The highest BCUT2D eigenvalue weighted by atomic mass is 16.5. The minimum Gasteiger partial charge on any atom is -0.453 e. The molecule has 1 aliphatic carbocycles. The van der Waals surface area contributed by atoms with E-state index in [-0.39, 0.29) is 18.9 Å². The van der Waals surface area contributed by atoms with Gasteiger partial charge in [-0.3, -0.25) is 4.79 Å². The van der Waals surface area contributed by atoms with Crippen LogP contribution in [0.15, 0.2) is 11.6 Å². The van der Waals surface area contributed by atoms with Gasteiger partial charge in [-0.2, -0.15) is 10.5 Å². The van der Waals surface area contributed by atoms with Crippen LogP contribution in [0.4, 0.5) is 0 Å². The van der Waals surface area contributed by atoms with Crippen LogP contribution in [0.1, 0.15) is 46.5 Å². The summed E-state index contributed by atoms with van der Waals surface area (Å²) >= 11 is 0. The third kappa shape index (κ3) is 4.37. The average molecular weight is 298 g/mol. The van der Waals surface area contributed by atoms with Crippen LogP contribution in [-0.4, -0.2) is 12.6 Å². The molecular formula is C18H22N2O2. The lowest BCUT2D eigenvalue weighted by Crippen LogP contribution is -2.28. The highest BCUT2D eigenvalue weighted by Gasteiger charge is 2.39. The number of ether oxygens (including phenoxy) is 1. The van der Waals surface area contributed by atoms with Crippen LogP contribution in [-0.2, 0) is 9.53 Å². The summed E-state index contributed by atoms with van der Waals surface area (Å²) in [5, 5.41) is 19.2. The summed E-state index contributed by atoms with van der Waals surface area (Å²) in [4.78, 5) is 10.7. The molecule has 2 atom stereocenters. The zero-order valence-corrected chi connectivity index (χ0v) is 13.5. The Balaban J connectivity index is 2.94. The van der Waals surface area contributed by atoms with Gasteiger partial charge in [-0.05, 0) is 36.7 Å². The summed E-state index contributed by atoms with van der Waals surface area (Å²) in [6.07, 6.45) is 5.04. The Bertz CT molecular complexity index is 567. The maximum Gasteiger partial charge on any atom is 0.303 e. The molecule has 4 nitrogen and oxygen atoms in total. The number of carbonyl (C=O) groups excluding carboxylic acids is 1. The second kappa shape index (κ2) is 8.26. The van der Waals surface area contributed by atoms with Crippen LogP contribution < -0.4 is 0 Å². The van der Waals surface area contributed by atoms with Crippen LogP contribution in [0.25, 0.3) is 0 Å². The number of nitriles is 2. The van der Waals surface area contributed by atoms with E-state index in [0.29, 0.717) is 5.92 Å². The average Bonchev–Trinajstić information content (AvgIpc) is 2.51. The first-order valence-corrected chi connectivity index (χ1v) is 7.61. The Morgan fingerprint density at radius 3 is 2.64 bits per heavy atom. The van der Waals surface area contributed by atoms with Crippen molar-refractivity contribution < 1.29 is 9.53 Å². The van der Waals surface area contributed by atoms with Crippen LogP contribution in [0, 0.1) is 51.8 Å². The van der Waals surface area contributed by atoms with Crippen molar-refractivity contribution in [3.8, 4) is 24.0 Å². The second-order valence-corrected chi connectivity index (χ2v) is 5.78. The standard InChI is InChI=1S/C18H22N2O2/c1-4-16-11-14(2)7-8-17(16)18(12-19,13-20)9-5-6-10-22-15(3)21/h8,14,16H,4,7,9-11H2,1-3H3/t14-,16+/m0/s1. The summed E-state index contributed by atoms with van der Waals surface area (Å²) < 4.78 is 4.73. The molecule has 0 amide bonds. The van der Waals surface area contributed by atoms with Crippen molar-refractivity contribution in [2.24, 2.45) is 17.3 Å². The van der Waals surface area contributed by atoms with Crippen molar-refractivity contribution in [3.63, 3.8) is 0 Å². The molecule has 0 aromatic heterocycles. The van der Waals surface area contributed by atoms with Gasteiger partial charge in [-0.15, -0.1) is 0 Å². The smallest absolute Gasteiger partial charge is 0.303 e. The van der Waals surface area contributed by atoms with Gasteiger partial charge >= 0.3 is 5.97 Å². The van der Waals surface area contributed by atoms with Gasteiger partial charge < -0.3 is 4.74 Å². The molecule has 4 heteroatoms. The Morgan fingerprint density at radius 2 is 2.09 bits per heavy atom. The van der Waals surface area contributed by atoms with Crippen molar-refractivity contribution in [2.75, 3.05) is 6.61 Å². The van der Waals surface area contributed by atoms with Crippen LogP contribution in [0.5, 0.6) is 0 Å². The fourth-order valence-electron chi connectivity index (χ4n) is 2.83. The van der Waals surface area contributed by atoms with Gasteiger partial charge in [0.1, 0.15) is 0 Å². The number of nitrogens with zero attached hydrogens (tertiary/aromatic N) is 2. The number of allylic oxidation sites excluding steroid dienone is 2. The predicted molar refractivity (Wildman–Crippen MR) is 82.9 cm³/mol. The van der Waals surface area contributed by atoms with Crippen molar-refractivity contribution >= 4 is 5.97 Å². The molecule has 1 aliphatic rings. The van der Waals surface area contributed by atoms with Gasteiger partial charge in [0.25, 0.3) is 0 Å². The second-order valence-electron chi connectivity index (χ2n) is 5.78. The van der Waals surface area contributed by atoms with E-state index >= 15 is 0 Å². The fourth-order valence-corrected chi connectivity index (χ4v) is 2.83. The maximum atomic E-state index is 10.7. The third-order valence-corrected chi connectivity index (χ3v) is 4.06. The molecule has 22 heavy (non-hydrogen) atoms. The molecule has 0 aliphatic heterocycles. The van der Waals surface area contributed by atoms with Crippen molar-refractivity contribution in [3.05, 3.63) is 11.6 Å². The largest absolute Gasteiger partial charge is 0.453 e. The molecule has 0 unspecified atom stereocenters. The zero-order valence-electron chi connectivity index (χ0n) is 13.5. The SMILES string of the molecule is CC[C@@H]1C[C@@H](C)CC=C1C(C#N)(C#N)CC#CCOC(C)=O. The van der Waals surface area contributed by atoms with Gasteiger partial charge in [0.15, 0.2) is 12.0 Å². The van der Waals surface area contributed by atoms with Crippen LogP contribution in [0.2, 0.25) is 0 Å². The molecule has 116 valence electrons. The van der Waals surface area contributed by atoms with Gasteiger partial charge in [0.2, 0.25) is 0 Å². The van der Waals surface area contributed by atoms with E-state index in [1.54, 1.807) is 0 Å². The molecule has 0 saturated carbocycles. The summed E-state index contributed by atoms with van der Waals surface area (Å²) in [5.74, 6) is 5.97. The number of rotatable bonds is 4. The Kier molecular flexibility index (Phi) is 6.68. The maximum absolute atomic E-state index is 10.7. The number of esters is 1. The van der Waals surface area contributed by atoms with E-state index < -0.39 is 11.4 Å². The van der Waals surface area contributed by atoms with E-state index in [9.17, 15) is 15.3 Å². The van der Waals surface area contributed by atoms with E-state index in [1.165, 1.54) is 6.92 Å². The molecule has 0 aromatic rings. The molecule has 0 heterocycles. The molecule has 0 radical (unpaired) electrons. The zero-order chi connectivity index (χ0) is 16.6. The Morgan fingerprint density at radius 1 is 1.41 bits per heavy atom. The molecule has 1 rings (SSSR count). The normalized spacial score (nSPS) is 20.7. The predicted octanol–water partition coefficient (Wildman–Crippen LogP) is 3.36. The quantitative estimate of drug-likeness (QED) is 0.453. The van der Waals surface area contributed by atoms with Crippen molar-refractivity contribution in [1.82, 2.24) is 0 Å². The highest BCUT2D eigenvalue weighted by molar-refractivity contribution is 5.66. The fraction of sp³-hybridized carbons (Fsp3) is 0.611. The van der Waals surface area contributed by atoms with Gasteiger partial charge in [0, 0.05) is 13.3 Å². The first-order valence-electron chi connectivity index (χ1n) is 7.61. The monoisotopic (exact) mass is 298 g/mol. The first kappa shape index (κ1) is 17.8. The molecule has 0 bridgehead atoms. The number of carbonyl (C=O) groups is 1. The molecule has 0 spiro atoms. The highest BCUT2D eigenvalue weighted by Crippen LogP contribution is 2.42. The number of hydrogen-bond acceptors (Lipinski definition) is 4. The van der Waals surface area contributed by atoms with Gasteiger partial charge in [-0.1, -0.05) is 31.8 Å². The Labute approximate surface area is 132 Å². The Hall–Kier alpha value is -2.25. The van der Waals surface area contributed by atoms with E-state index in [0.717, 1.165) is 24.8 Å². The lowest BCUT2D eigenvalue weighted by molar-refractivity contribution is -0.139. The van der Waals surface area contributed by atoms with E-state index in [1.807, 2.05) is 0 Å². The molecular weight excluding hydrogens is 276 g/mol. The van der Waals surface area contributed by atoms with Crippen molar-refractivity contribution in [1.29, 1.82) is 10.5 Å². The van der Waals surface area contributed by atoms with E-state index in [4.69, 9.17) is 4.74 Å². The van der Waals surface area contributed by atoms with Crippen LogP contribution >= 0.6 is 0 Å².